The van der Waals surface area contributed by atoms with Crippen molar-refractivity contribution < 1.29 is 4.42 Å². The normalized spacial score (nSPS) is 19.1. The van der Waals surface area contributed by atoms with Crippen LogP contribution < -0.4 is 10.6 Å². The topological polar surface area (TPSA) is 71.1 Å². The van der Waals surface area contributed by atoms with Gasteiger partial charge in [-0.25, -0.2) is 0 Å². The van der Waals surface area contributed by atoms with Crippen LogP contribution in [0.3, 0.4) is 0 Å². The number of hydrogen-bond acceptors (Lipinski definition) is 4. The Labute approximate surface area is 116 Å². The van der Waals surface area contributed by atoms with Crippen LogP contribution in [0, 0.1) is 0 Å². The minimum absolute atomic E-state index is 0.251. The van der Waals surface area contributed by atoms with Crippen molar-refractivity contribution >= 4 is 16.8 Å². The van der Waals surface area contributed by atoms with E-state index in [0.717, 1.165) is 47.8 Å². The molecule has 3 N–H and O–H groups in total. The number of para-hydroxylation sites is 1. The third-order valence-electron chi connectivity index (χ3n) is 3.80. The summed E-state index contributed by atoms with van der Waals surface area (Å²) in [5.74, 6) is 1.75. The average molecular weight is 268 g/mol. The number of anilines is 1. The van der Waals surface area contributed by atoms with E-state index in [2.05, 4.69) is 15.1 Å². The van der Waals surface area contributed by atoms with Crippen molar-refractivity contribution in [3.8, 4) is 11.5 Å². The van der Waals surface area contributed by atoms with Gasteiger partial charge in [-0.3, -0.25) is 5.10 Å². The fraction of sp³-hybridized carbons (Fsp3) is 0.267. The zero-order valence-electron chi connectivity index (χ0n) is 11.0. The van der Waals surface area contributed by atoms with Crippen LogP contribution in [-0.2, 0) is 0 Å². The first kappa shape index (κ1) is 11.5. The molecule has 3 heterocycles. The number of fused-ring (bicyclic) bond motifs is 1. The van der Waals surface area contributed by atoms with Crippen LogP contribution in [-0.4, -0.2) is 29.3 Å². The molecule has 4 rings (SSSR count). The van der Waals surface area contributed by atoms with Gasteiger partial charge in [0.15, 0.2) is 11.6 Å². The molecule has 0 spiro atoms. The summed E-state index contributed by atoms with van der Waals surface area (Å²) in [5.41, 5.74) is 7.72. The molecule has 20 heavy (non-hydrogen) atoms. The fourth-order valence-electron chi connectivity index (χ4n) is 2.71. The van der Waals surface area contributed by atoms with Crippen LogP contribution in [0.4, 0.5) is 5.82 Å². The highest BCUT2D eigenvalue weighted by Crippen LogP contribution is 2.29. The van der Waals surface area contributed by atoms with Gasteiger partial charge in [0.2, 0.25) is 0 Å². The van der Waals surface area contributed by atoms with Crippen LogP contribution in [0.1, 0.15) is 6.42 Å². The Balaban J connectivity index is 1.67. The summed E-state index contributed by atoms with van der Waals surface area (Å²) < 4.78 is 5.84. The molecule has 5 nitrogen and oxygen atoms in total. The van der Waals surface area contributed by atoms with E-state index in [1.807, 2.05) is 36.4 Å². The maximum atomic E-state index is 5.93. The van der Waals surface area contributed by atoms with E-state index >= 15 is 0 Å². The molecule has 0 aliphatic carbocycles. The predicted molar refractivity (Wildman–Crippen MR) is 78.6 cm³/mol. The summed E-state index contributed by atoms with van der Waals surface area (Å²) >= 11 is 0. The van der Waals surface area contributed by atoms with Gasteiger partial charge >= 0.3 is 0 Å². The third-order valence-corrected chi connectivity index (χ3v) is 3.80. The standard InChI is InChI=1S/C15H16N4O/c16-11-5-6-19(9-11)15-8-12(17-18-15)14-7-10-3-1-2-4-13(10)20-14/h1-4,7-8,11H,5-6,9,16H2,(H,17,18). The molecule has 1 aliphatic heterocycles. The fourth-order valence-corrected chi connectivity index (χ4v) is 2.71. The molecule has 1 saturated heterocycles. The van der Waals surface area contributed by atoms with Crippen molar-refractivity contribution in [3.63, 3.8) is 0 Å². The summed E-state index contributed by atoms with van der Waals surface area (Å²) in [6.07, 6.45) is 1.02. The zero-order chi connectivity index (χ0) is 13.5. The summed E-state index contributed by atoms with van der Waals surface area (Å²) in [7, 11) is 0. The number of aromatic nitrogens is 2. The number of H-pyrrole nitrogens is 1. The number of furan rings is 1. The van der Waals surface area contributed by atoms with Gasteiger partial charge in [-0.2, -0.15) is 5.10 Å². The number of nitrogens with zero attached hydrogens (tertiary/aromatic N) is 2. The molecular weight excluding hydrogens is 252 g/mol. The molecular formula is C15H16N4O. The molecule has 1 fully saturated rings. The van der Waals surface area contributed by atoms with E-state index in [4.69, 9.17) is 10.2 Å². The van der Waals surface area contributed by atoms with Gasteiger partial charge in [0.05, 0.1) is 0 Å². The van der Waals surface area contributed by atoms with Crippen LogP contribution in [0.5, 0.6) is 0 Å². The van der Waals surface area contributed by atoms with E-state index in [1.54, 1.807) is 0 Å². The van der Waals surface area contributed by atoms with Crippen molar-refractivity contribution in [2.45, 2.75) is 12.5 Å². The minimum atomic E-state index is 0.251. The van der Waals surface area contributed by atoms with Gasteiger partial charge < -0.3 is 15.1 Å². The van der Waals surface area contributed by atoms with Crippen molar-refractivity contribution in [3.05, 3.63) is 36.4 Å². The van der Waals surface area contributed by atoms with Gasteiger partial charge in [0.1, 0.15) is 11.3 Å². The van der Waals surface area contributed by atoms with Gasteiger partial charge in [-0.1, -0.05) is 18.2 Å². The molecule has 0 bridgehead atoms. The number of nitrogens with one attached hydrogen (secondary N) is 1. The van der Waals surface area contributed by atoms with E-state index in [9.17, 15) is 0 Å². The van der Waals surface area contributed by atoms with Crippen LogP contribution in [0.2, 0.25) is 0 Å². The Morgan fingerprint density at radius 1 is 1.30 bits per heavy atom. The van der Waals surface area contributed by atoms with E-state index in [0.29, 0.717) is 0 Å². The Bertz CT molecular complexity index is 712. The molecule has 0 saturated carbocycles. The highest BCUT2D eigenvalue weighted by molar-refractivity contribution is 5.82. The lowest BCUT2D eigenvalue weighted by molar-refractivity contribution is 0.628. The molecule has 1 atom stereocenters. The largest absolute Gasteiger partial charge is 0.454 e. The molecule has 0 amide bonds. The molecule has 1 aliphatic rings. The van der Waals surface area contributed by atoms with Gasteiger partial charge in [0, 0.05) is 30.6 Å². The zero-order valence-corrected chi connectivity index (χ0v) is 11.0. The Hall–Kier alpha value is -2.27. The summed E-state index contributed by atoms with van der Waals surface area (Å²) in [4.78, 5) is 2.20. The molecule has 1 unspecified atom stereocenters. The average Bonchev–Trinajstić information content (AvgIpc) is 3.16. The number of benzene rings is 1. The third kappa shape index (κ3) is 1.87. The highest BCUT2D eigenvalue weighted by Gasteiger charge is 2.21. The molecule has 0 radical (unpaired) electrons. The Kier molecular flexibility index (Phi) is 2.53. The lowest BCUT2D eigenvalue weighted by atomic mass is 10.2. The molecule has 3 aromatic rings. The van der Waals surface area contributed by atoms with E-state index in [1.165, 1.54) is 0 Å². The van der Waals surface area contributed by atoms with Crippen LogP contribution >= 0.6 is 0 Å². The smallest absolute Gasteiger partial charge is 0.153 e. The number of aromatic amines is 1. The number of hydrogen-bond donors (Lipinski definition) is 2. The number of rotatable bonds is 2. The second-order valence-electron chi connectivity index (χ2n) is 5.28. The maximum Gasteiger partial charge on any atom is 0.153 e. The monoisotopic (exact) mass is 268 g/mol. The van der Waals surface area contributed by atoms with Crippen molar-refractivity contribution in [2.75, 3.05) is 18.0 Å². The molecule has 1 aromatic carbocycles. The SMILES string of the molecule is NC1CCN(c2cc(-c3cc4ccccc4o3)[nH]n2)C1. The van der Waals surface area contributed by atoms with Gasteiger partial charge in [-0.05, 0) is 18.6 Å². The van der Waals surface area contributed by atoms with E-state index in [-0.39, 0.29) is 6.04 Å². The maximum absolute atomic E-state index is 5.93. The summed E-state index contributed by atoms with van der Waals surface area (Å²) in [5, 5.41) is 8.51. The summed E-state index contributed by atoms with van der Waals surface area (Å²) in [6, 6.07) is 12.3. The second kappa shape index (κ2) is 4.38. The lowest BCUT2D eigenvalue weighted by Gasteiger charge is -2.13. The lowest BCUT2D eigenvalue weighted by Crippen LogP contribution is -2.26. The van der Waals surface area contributed by atoms with Crippen molar-refractivity contribution in [1.82, 2.24) is 10.2 Å². The highest BCUT2D eigenvalue weighted by atomic mass is 16.3. The van der Waals surface area contributed by atoms with E-state index < -0.39 is 0 Å². The first-order valence-electron chi connectivity index (χ1n) is 6.84. The first-order valence-corrected chi connectivity index (χ1v) is 6.84. The Morgan fingerprint density at radius 2 is 2.20 bits per heavy atom. The molecule has 5 heteroatoms. The van der Waals surface area contributed by atoms with Crippen LogP contribution in [0.15, 0.2) is 40.8 Å². The first-order chi connectivity index (χ1) is 9.79. The van der Waals surface area contributed by atoms with Crippen molar-refractivity contribution in [1.29, 1.82) is 0 Å². The van der Waals surface area contributed by atoms with Crippen LogP contribution in [0.25, 0.3) is 22.4 Å². The molecule has 2 aromatic heterocycles. The van der Waals surface area contributed by atoms with Gasteiger partial charge in [-0.15, -0.1) is 0 Å². The summed E-state index contributed by atoms with van der Waals surface area (Å²) in [6.45, 7) is 1.83. The van der Waals surface area contributed by atoms with Gasteiger partial charge in [0.25, 0.3) is 0 Å². The Morgan fingerprint density at radius 3 is 3.00 bits per heavy atom. The minimum Gasteiger partial charge on any atom is -0.454 e. The quantitative estimate of drug-likeness (QED) is 0.748. The molecule has 102 valence electrons. The predicted octanol–water partition coefficient (Wildman–Crippen LogP) is 2.36. The van der Waals surface area contributed by atoms with Crippen molar-refractivity contribution in [2.24, 2.45) is 5.73 Å². The second-order valence-corrected chi connectivity index (χ2v) is 5.28. The number of nitrogens with two attached hydrogens (primary N) is 1.